The molecule has 0 spiro atoms. The van der Waals surface area contributed by atoms with Gasteiger partial charge in [-0.25, -0.2) is 4.79 Å². The van der Waals surface area contributed by atoms with Crippen LogP contribution in [0.5, 0.6) is 17.2 Å². The standard InChI is InChI=1S/C27H26ClNO6/c1-32-24-14-18-12-13-29(26(30)20-6-4-5-7-22(20)28)23(21(18)15-25(24)33-2)16-35-19-10-8-17(9-11-19)27(31)34-3/h4-11,14-15,23H,12-13,16H2,1-3H3. The van der Waals surface area contributed by atoms with Crippen molar-refractivity contribution in [3.8, 4) is 17.2 Å². The fourth-order valence-electron chi connectivity index (χ4n) is 4.22. The fraction of sp³-hybridized carbons (Fsp3) is 0.259. The summed E-state index contributed by atoms with van der Waals surface area (Å²) in [7, 11) is 4.51. The molecule has 0 saturated carbocycles. The van der Waals surface area contributed by atoms with Gasteiger partial charge >= 0.3 is 5.97 Å². The van der Waals surface area contributed by atoms with Crippen LogP contribution in [-0.2, 0) is 11.2 Å². The summed E-state index contributed by atoms with van der Waals surface area (Å²) in [5, 5.41) is 0.397. The normalized spacial score (nSPS) is 14.6. The lowest BCUT2D eigenvalue weighted by Gasteiger charge is -2.37. The van der Waals surface area contributed by atoms with Crippen molar-refractivity contribution in [2.45, 2.75) is 12.5 Å². The molecule has 3 aromatic rings. The summed E-state index contributed by atoms with van der Waals surface area (Å²) < 4.78 is 21.8. The number of hydrogen-bond acceptors (Lipinski definition) is 6. The number of amides is 1. The maximum atomic E-state index is 13.6. The van der Waals surface area contributed by atoms with Crippen molar-refractivity contribution in [3.63, 3.8) is 0 Å². The molecule has 7 nitrogen and oxygen atoms in total. The van der Waals surface area contributed by atoms with Gasteiger partial charge in [0.2, 0.25) is 0 Å². The zero-order valence-electron chi connectivity index (χ0n) is 19.7. The molecule has 0 bridgehead atoms. The average molecular weight is 496 g/mol. The Morgan fingerprint density at radius 2 is 1.66 bits per heavy atom. The monoisotopic (exact) mass is 495 g/mol. The van der Waals surface area contributed by atoms with E-state index >= 15 is 0 Å². The van der Waals surface area contributed by atoms with Crippen molar-refractivity contribution in [2.24, 2.45) is 0 Å². The second-order valence-electron chi connectivity index (χ2n) is 7.98. The maximum Gasteiger partial charge on any atom is 0.337 e. The van der Waals surface area contributed by atoms with Gasteiger partial charge in [-0.3, -0.25) is 4.79 Å². The number of esters is 1. The van der Waals surface area contributed by atoms with E-state index in [9.17, 15) is 9.59 Å². The minimum atomic E-state index is -0.421. The molecule has 0 saturated heterocycles. The van der Waals surface area contributed by atoms with Crippen molar-refractivity contribution in [3.05, 3.63) is 87.9 Å². The van der Waals surface area contributed by atoms with Crippen LogP contribution in [0.4, 0.5) is 0 Å². The van der Waals surface area contributed by atoms with Gasteiger partial charge in [0.1, 0.15) is 12.4 Å². The molecule has 8 heteroatoms. The van der Waals surface area contributed by atoms with E-state index in [0.29, 0.717) is 46.4 Å². The van der Waals surface area contributed by atoms with E-state index < -0.39 is 12.0 Å². The molecular formula is C27H26ClNO6. The van der Waals surface area contributed by atoms with Crippen LogP contribution < -0.4 is 14.2 Å². The average Bonchev–Trinajstić information content (AvgIpc) is 2.90. The number of ether oxygens (including phenoxy) is 4. The number of nitrogens with zero attached hydrogens (tertiary/aromatic N) is 1. The predicted octanol–water partition coefficient (Wildman–Crippen LogP) is 4.96. The first kappa shape index (κ1) is 24.4. The van der Waals surface area contributed by atoms with Gasteiger partial charge in [-0.1, -0.05) is 23.7 Å². The first-order chi connectivity index (χ1) is 17.0. The van der Waals surface area contributed by atoms with E-state index in [1.165, 1.54) is 7.11 Å². The lowest BCUT2D eigenvalue weighted by Crippen LogP contribution is -2.42. The first-order valence-electron chi connectivity index (χ1n) is 11.1. The molecule has 1 aliphatic heterocycles. The van der Waals surface area contributed by atoms with Crippen molar-refractivity contribution < 1.29 is 28.5 Å². The molecule has 0 aromatic heterocycles. The molecule has 1 heterocycles. The van der Waals surface area contributed by atoms with Gasteiger partial charge < -0.3 is 23.8 Å². The van der Waals surface area contributed by atoms with Crippen LogP contribution in [0.1, 0.15) is 37.9 Å². The minimum absolute atomic E-state index is 0.175. The van der Waals surface area contributed by atoms with Gasteiger partial charge in [0, 0.05) is 6.54 Å². The molecule has 0 fully saturated rings. The highest BCUT2D eigenvalue weighted by atomic mass is 35.5. The lowest BCUT2D eigenvalue weighted by atomic mass is 9.91. The van der Waals surface area contributed by atoms with Crippen molar-refractivity contribution in [1.29, 1.82) is 0 Å². The van der Waals surface area contributed by atoms with Crippen LogP contribution in [0.15, 0.2) is 60.7 Å². The van der Waals surface area contributed by atoms with Crippen LogP contribution in [0.2, 0.25) is 5.02 Å². The van der Waals surface area contributed by atoms with Crippen LogP contribution in [-0.4, -0.2) is 51.3 Å². The van der Waals surface area contributed by atoms with E-state index in [4.69, 9.17) is 30.5 Å². The summed E-state index contributed by atoms with van der Waals surface area (Å²) in [6, 6.07) is 17.1. The Labute approximate surface area is 209 Å². The molecule has 3 aromatic carbocycles. The predicted molar refractivity (Wildman–Crippen MR) is 132 cm³/mol. The van der Waals surface area contributed by atoms with Crippen LogP contribution in [0.3, 0.4) is 0 Å². The Kier molecular flexibility index (Phi) is 7.46. The number of halogens is 1. The first-order valence-corrected chi connectivity index (χ1v) is 11.5. The maximum absolute atomic E-state index is 13.6. The third-order valence-corrected chi connectivity index (χ3v) is 6.38. The largest absolute Gasteiger partial charge is 0.493 e. The van der Waals surface area contributed by atoms with E-state index in [0.717, 1.165) is 11.1 Å². The number of fused-ring (bicyclic) bond motifs is 1. The number of rotatable bonds is 7. The summed E-state index contributed by atoms with van der Waals surface area (Å²) in [4.78, 5) is 27.1. The van der Waals surface area contributed by atoms with Crippen molar-refractivity contribution in [1.82, 2.24) is 4.90 Å². The van der Waals surface area contributed by atoms with Crippen LogP contribution in [0, 0.1) is 0 Å². The highest BCUT2D eigenvalue weighted by molar-refractivity contribution is 6.33. The van der Waals surface area contributed by atoms with Crippen LogP contribution >= 0.6 is 11.6 Å². The Bertz CT molecular complexity index is 1230. The molecule has 182 valence electrons. The molecule has 0 aliphatic carbocycles. The summed E-state index contributed by atoms with van der Waals surface area (Å²) in [5.41, 5.74) is 2.83. The number of methoxy groups -OCH3 is 3. The zero-order valence-corrected chi connectivity index (χ0v) is 20.5. The summed E-state index contributed by atoms with van der Waals surface area (Å²) in [5.74, 6) is 1.18. The molecule has 0 radical (unpaired) electrons. The SMILES string of the molecule is COC(=O)c1ccc(OCC2c3cc(OC)c(OC)cc3CCN2C(=O)c2ccccc2Cl)cc1. The molecular weight excluding hydrogens is 470 g/mol. The summed E-state index contributed by atoms with van der Waals surface area (Å²) in [6.07, 6.45) is 0.649. The van der Waals surface area contributed by atoms with Crippen molar-refractivity contribution in [2.75, 3.05) is 34.5 Å². The summed E-state index contributed by atoms with van der Waals surface area (Å²) >= 11 is 6.35. The second-order valence-corrected chi connectivity index (χ2v) is 8.38. The third-order valence-electron chi connectivity index (χ3n) is 6.05. The van der Waals surface area contributed by atoms with Gasteiger partial charge in [-0.15, -0.1) is 0 Å². The topological polar surface area (TPSA) is 74.3 Å². The van der Waals surface area contributed by atoms with Crippen molar-refractivity contribution >= 4 is 23.5 Å². The Morgan fingerprint density at radius 3 is 2.31 bits per heavy atom. The minimum Gasteiger partial charge on any atom is -0.493 e. The molecule has 1 aliphatic rings. The van der Waals surface area contributed by atoms with Crippen LogP contribution in [0.25, 0.3) is 0 Å². The molecule has 4 rings (SSSR count). The van der Waals surface area contributed by atoms with E-state index in [1.807, 2.05) is 12.1 Å². The highest BCUT2D eigenvalue weighted by Gasteiger charge is 2.34. The Morgan fingerprint density at radius 1 is 0.971 bits per heavy atom. The van der Waals surface area contributed by atoms with Gasteiger partial charge in [-0.05, 0) is 66.1 Å². The highest BCUT2D eigenvalue weighted by Crippen LogP contribution is 2.39. The van der Waals surface area contributed by atoms with Gasteiger partial charge in [-0.2, -0.15) is 0 Å². The van der Waals surface area contributed by atoms with E-state index in [-0.39, 0.29) is 12.5 Å². The Balaban J connectivity index is 1.67. The zero-order chi connectivity index (χ0) is 24.9. The molecule has 0 N–H and O–H groups in total. The molecule has 1 atom stereocenters. The van der Waals surface area contributed by atoms with Gasteiger partial charge in [0.25, 0.3) is 5.91 Å². The number of carbonyl (C=O) groups is 2. The van der Waals surface area contributed by atoms with E-state index in [1.54, 1.807) is 67.7 Å². The molecule has 35 heavy (non-hydrogen) atoms. The smallest absolute Gasteiger partial charge is 0.337 e. The summed E-state index contributed by atoms with van der Waals surface area (Å²) in [6.45, 7) is 0.679. The Hall–Kier alpha value is -3.71. The third kappa shape index (κ3) is 5.05. The molecule has 1 amide bonds. The quantitative estimate of drug-likeness (QED) is 0.431. The number of carbonyl (C=O) groups excluding carboxylic acids is 2. The van der Waals surface area contributed by atoms with Gasteiger partial charge in [0.05, 0.1) is 43.5 Å². The van der Waals surface area contributed by atoms with E-state index in [2.05, 4.69) is 0 Å². The van der Waals surface area contributed by atoms with Gasteiger partial charge in [0.15, 0.2) is 11.5 Å². The fourth-order valence-corrected chi connectivity index (χ4v) is 4.44. The number of hydrogen-bond donors (Lipinski definition) is 0. The lowest BCUT2D eigenvalue weighted by molar-refractivity contribution is 0.0583. The second kappa shape index (κ2) is 10.7. The molecule has 1 unspecified atom stereocenters. The number of benzene rings is 3.